The molecule has 1 aromatic carbocycles. The molecule has 23 heavy (non-hydrogen) atoms. The van der Waals surface area contributed by atoms with E-state index in [9.17, 15) is 17.6 Å². The van der Waals surface area contributed by atoms with Gasteiger partial charge in [-0.05, 0) is 38.1 Å². The van der Waals surface area contributed by atoms with Crippen LogP contribution in [0.15, 0.2) is 24.3 Å². The smallest absolute Gasteiger partial charge is 0.428 e. The third kappa shape index (κ3) is 5.35. The summed E-state index contributed by atoms with van der Waals surface area (Å²) in [7, 11) is 2.08. The lowest BCUT2D eigenvalue weighted by molar-refractivity contribution is -0.253. The largest absolute Gasteiger partial charge is 0.461 e. The van der Waals surface area contributed by atoms with Gasteiger partial charge in [0.05, 0.1) is 0 Å². The number of halogens is 4. The molecule has 0 N–H and O–H groups in total. The molecule has 0 saturated carbocycles. The maximum atomic E-state index is 13.1. The summed E-state index contributed by atoms with van der Waals surface area (Å²) in [6.07, 6.45) is -7.03. The minimum absolute atomic E-state index is 0.170. The van der Waals surface area contributed by atoms with Gasteiger partial charge in [0.1, 0.15) is 5.75 Å². The van der Waals surface area contributed by atoms with Gasteiger partial charge in [0.2, 0.25) is 0 Å². The number of hydrogen-bond acceptors (Lipinski definition) is 3. The Kier molecular flexibility index (Phi) is 6.24. The summed E-state index contributed by atoms with van der Waals surface area (Å²) in [5, 5.41) is 0. The van der Waals surface area contributed by atoms with Gasteiger partial charge in [-0.15, -0.1) is 0 Å². The predicted molar refractivity (Wildman–Crippen MR) is 80.3 cm³/mol. The summed E-state index contributed by atoms with van der Waals surface area (Å²) in [6.45, 7) is 4.85. The van der Waals surface area contributed by atoms with Crippen molar-refractivity contribution >= 4 is 0 Å². The van der Waals surface area contributed by atoms with E-state index < -0.39 is 12.5 Å². The van der Waals surface area contributed by atoms with Crippen LogP contribution >= 0.6 is 0 Å². The molecule has 0 spiro atoms. The molecule has 0 bridgehead atoms. The van der Waals surface area contributed by atoms with Crippen molar-refractivity contribution in [2.45, 2.75) is 25.4 Å². The summed E-state index contributed by atoms with van der Waals surface area (Å²) >= 11 is 0. The molecule has 130 valence electrons. The first-order valence-corrected chi connectivity index (χ1v) is 7.72. The van der Waals surface area contributed by atoms with Crippen molar-refractivity contribution < 1.29 is 22.3 Å². The number of benzene rings is 1. The van der Waals surface area contributed by atoms with Gasteiger partial charge in [-0.2, -0.15) is 17.6 Å². The highest BCUT2D eigenvalue weighted by Gasteiger charge is 2.44. The average molecular weight is 334 g/mol. The molecule has 0 atom stereocenters. The van der Waals surface area contributed by atoms with Gasteiger partial charge in [-0.3, -0.25) is 0 Å². The van der Waals surface area contributed by atoms with E-state index in [0.29, 0.717) is 12.0 Å². The summed E-state index contributed by atoms with van der Waals surface area (Å²) in [5.41, 5.74) is 0.530. The van der Waals surface area contributed by atoms with Crippen LogP contribution in [0.5, 0.6) is 5.75 Å². The summed E-state index contributed by atoms with van der Waals surface area (Å²) in [4.78, 5) is 4.57. The first-order chi connectivity index (χ1) is 10.9. The maximum Gasteiger partial charge on any atom is 0.461 e. The lowest BCUT2D eigenvalue weighted by atomic mass is 10.1. The summed E-state index contributed by atoms with van der Waals surface area (Å²) in [5.74, 6) is -0.170. The fourth-order valence-corrected chi connectivity index (χ4v) is 2.57. The molecule has 0 unspecified atom stereocenters. The van der Waals surface area contributed by atoms with Gasteiger partial charge < -0.3 is 14.5 Å². The van der Waals surface area contributed by atoms with E-state index in [-0.39, 0.29) is 5.75 Å². The molecule has 0 radical (unpaired) electrons. The number of likely N-dealkylation sites (N-methyl/N-ethyl adjacent to an activating group) is 1. The maximum absolute atomic E-state index is 13.1. The molecule has 1 heterocycles. The number of rotatable bonds is 7. The minimum Gasteiger partial charge on any atom is -0.428 e. The topological polar surface area (TPSA) is 15.7 Å². The highest BCUT2D eigenvalue weighted by atomic mass is 19.3. The fraction of sp³-hybridized carbons (Fsp3) is 0.625. The molecular weight excluding hydrogens is 312 g/mol. The molecule has 3 nitrogen and oxygen atoms in total. The Morgan fingerprint density at radius 1 is 1.13 bits per heavy atom. The molecule has 2 rings (SSSR count). The van der Waals surface area contributed by atoms with Gasteiger partial charge in [-0.1, -0.05) is 18.2 Å². The molecule has 1 aliphatic heterocycles. The molecule has 0 amide bonds. The zero-order valence-electron chi connectivity index (χ0n) is 13.2. The number of ether oxygens (including phenoxy) is 1. The lowest BCUT2D eigenvalue weighted by Gasteiger charge is -2.32. The first kappa shape index (κ1) is 18.0. The molecular formula is C16H22F4N2O. The Labute approximate surface area is 133 Å². The first-order valence-electron chi connectivity index (χ1n) is 7.72. The van der Waals surface area contributed by atoms with Crippen molar-refractivity contribution in [2.75, 3.05) is 39.8 Å². The minimum atomic E-state index is -4.46. The van der Waals surface area contributed by atoms with Crippen molar-refractivity contribution in [3.63, 3.8) is 0 Å². The van der Waals surface area contributed by atoms with E-state index in [0.717, 1.165) is 39.1 Å². The second-order valence-corrected chi connectivity index (χ2v) is 5.82. The van der Waals surface area contributed by atoms with Gasteiger partial charge in [0.25, 0.3) is 0 Å². The highest BCUT2D eigenvalue weighted by molar-refractivity contribution is 5.33. The van der Waals surface area contributed by atoms with Crippen LogP contribution in [0.3, 0.4) is 0 Å². The van der Waals surface area contributed by atoms with Crippen LogP contribution in [0.25, 0.3) is 0 Å². The third-order valence-corrected chi connectivity index (χ3v) is 3.99. The van der Waals surface area contributed by atoms with Crippen LogP contribution in [0.1, 0.15) is 12.0 Å². The Balaban J connectivity index is 1.88. The summed E-state index contributed by atoms with van der Waals surface area (Å²) in [6, 6.07) is 6.14. The van der Waals surface area contributed by atoms with Crippen molar-refractivity contribution in [1.82, 2.24) is 9.80 Å². The molecule has 1 fully saturated rings. The Morgan fingerprint density at radius 2 is 1.78 bits per heavy atom. The fourth-order valence-electron chi connectivity index (χ4n) is 2.57. The van der Waals surface area contributed by atoms with Gasteiger partial charge >= 0.3 is 12.5 Å². The van der Waals surface area contributed by atoms with E-state index in [1.807, 2.05) is 0 Å². The van der Waals surface area contributed by atoms with Crippen LogP contribution in [-0.2, 0) is 6.42 Å². The normalized spacial score (nSPS) is 17.7. The van der Waals surface area contributed by atoms with E-state index in [1.54, 1.807) is 12.1 Å². The molecule has 0 aliphatic carbocycles. The Morgan fingerprint density at radius 3 is 2.43 bits per heavy atom. The van der Waals surface area contributed by atoms with Crippen molar-refractivity contribution in [2.24, 2.45) is 0 Å². The van der Waals surface area contributed by atoms with Crippen LogP contribution in [0.4, 0.5) is 17.6 Å². The Hall–Kier alpha value is -1.34. The number of nitrogens with zero attached hydrogens (tertiary/aromatic N) is 2. The van der Waals surface area contributed by atoms with Gasteiger partial charge in [0.15, 0.2) is 0 Å². The predicted octanol–water partition coefficient (Wildman–Crippen LogP) is 3.10. The Bertz CT molecular complexity index is 491. The third-order valence-electron chi connectivity index (χ3n) is 3.99. The molecule has 1 saturated heterocycles. The van der Waals surface area contributed by atoms with Crippen LogP contribution < -0.4 is 4.74 Å². The van der Waals surface area contributed by atoms with Crippen LogP contribution in [-0.4, -0.2) is 62.1 Å². The SMILES string of the molecule is CN1CCN(CCCc2ccccc2OC(F)(F)C(F)F)CC1. The number of alkyl halides is 4. The van der Waals surface area contributed by atoms with Gasteiger partial charge in [0, 0.05) is 26.2 Å². The highest BCUT2D eigenvalue weighted by Crippen LogP contribution is 2.30. The van der Waals surface area contributed by atoms with Crippen LogP contribution in [0.2, 0.25) is 0 Å². The monoisotopic (exact) mass is 334 g/mol. The second kappa shape index (κ2) is 7.97. The van der Waals surface area contributed by atoms with Gasteiger partial charge in [-0.25, -0.2) is 0 Å². The standard InChI is InChI=1S/C16H22F4N2O/c1-21-9-11-22(12-10-21)8-4-6-13-5-2-3-7-14(13)23-16(19,20)15(17)18/h2-3,5,7,15H,4,6,8-12H2,1H3. The summed E-state index contributed by atoms with van der Waals surface area (Å²) < 4.78 is 54.9. The number of piperazine rings is 1. The molecule has 0 aromatic heterocycles. The van der Waals surface area contributed by atoms with Crippen LogP contribution in [0, 0.1) is 0 Å². The van der Waals surface area contributed by atoms with Crippen molar-refractivity contribution in [3.8, 4) is 5.75 Å². The van der Waals surface area contributed by atoms with Crippen molar-refractivity contribution in [1.29, 1.82) is 0 Å². The molecule has 7 heteroatoms. The lowest BCUT2D eigenvalue weighted by Crippen LogP contribution is -2.44. The van der Waals surface area contributed by atoms with E-state index >= 15 is 0 Å². The molecule has 1 aliphatic rings. The second-order valence-electron chi connectivity index (χ2n) is 5.82. The zero-order chi connectivity index (χ0) is 16.9. The zero-order valence-corrected chi connectivity index (χ0v) is 13.2. The van der Waals surface area contributed by atoms with E-state index in [1.165, 1.54) is 12.1 Å². The molecule has 1 aromatic rings. The van der Waals surface area contributed by atoms with Crippen molar-refractivity contribution in [3.05, 3.63) is 29.8 Å². The number of aryl methyl sites for hydroxylation is 1. The number of para-hydroxylation sites is 1. The quantitative estimate of drug-likeness (QED) is 0.713. The van der Waals surface area contributed by atoms with E-state index in [4.69, 9.17) is 0 Å². The number of hydrogen-bond donors (Lipinski definition) is 0. The van der Waals surface area contributed by atoms with E-state index in [2.05, 4.69) is 21.6 Å². The average Bonchev–Trinajstić information content (AvgIpc) is 2.50.